The van der Waals surface area contributed by atoms with Crippen LogP contribution in [-0.4, -0.2) is 22.6 Å². The third-order valence-corrected chi connectivity index (χ3v) is 3.22. The highest BCUT2D eigenvalue weighted by atomic mass is 16.3. The number of benzene rings is 1. The van der Waals surface area contributed by atoms with E-state index in [1.54, 1.807) is 0 Å². The third-order valence-electron chi connectivity index (χ3n) is 3.22. The summed E-state index contributed by atoms with van der Waals surface area (Å²) in [6.45, 7) is 1.83. The Labute approximate surface area is 94.0 Å². The molecule has 3 atom stereocenters. The second-order valence-electron chi connectivity index (χ2n) is 4.15. The second kappa shape index (κ2) is 4.10. The van der Waals surface area contributed by atoms with Gasteiger partial charge in [-0.2, -0.15) is 0 Å². The average molecular weight is 218 g/mol. The monoisotopic (exact) mass is 218 g/mol. The zero-order valence-corrected chi connectivity index (χ0v) is 9.00. The van der Waals surface area contributed by atoms with E-state index in [1.807, 2.05) is 37.3 Å². The molecule has 0 radical (unpaired) electrons. The van der Waals surface area contributed by atoms with E-state index in [9.17, 15) is 15.0 Å². The van der Waals surface area contributed by atoms with E-state index >= 15 is 0 Å². The van der Waals surface area contributed by atoms with Gasteiger partial charge in [-0.1, -0.05) is 37.3 Å². The van der Waals surface area contributed by atoms with Gasteiger partial charge in [0.15, 0.2) is 6.29 Å². The van der Waals surface area contributed by atoms with Crippen LogP contribution in [-0.2, 0) is 4.79 Å². The van der Waals surface area contributed by atoms with Gasteiger partial charge in [0.1, 0.15) is 5.76 Å². The molecule has 2 N–H and O–H groups in total. The van der Waals surface area contributed by atoms with Crippen molar-refractivity contribution in [2.75, 3.05) is 0 Å². The third kappa shape index (κ3) is 1.53. The zero-order valence-electron chi connectivity index (χ0n) is 9.00. The van der Waals surface area contributed by atoms with Crippen molar-refractivity contribution in [3.63, 3.8) is 0 Å². The molecule has 0 bridgehead atoms. The molecular formula is C13H14O3. The molecule has 3 heteroatoms. The Balaban J connectivity index is 2.44. The first-order chi connectivity index (χ1) is 7.66. The minimum atomic E-state index is -0.872. The molecule has 0 aliphatic heterocycles. The number of hydrogen-bond acceptors (Lipinski definition) is 3. The van der Waals surface area contributed by atoms with Crippen LogP contribution in [0.25, 0.3) is 0 Å². The summed E-state index contributed by atoms with van der Waals surface area (Å²) in [5.74, 6) is -0.458. The van der Waals surface area contributed by atoms with E-state index in [1.165, 1.54) is 0 Å². The summed E-state index contributed by atoms with van der Waals surface area (Å²) in [6, 6.07) is 9.41. The van der Waals surface area contributed by atoms with Crippen LogP contribution in [0, 0.1) is 5.92 Å². The predicted octanol–water partition coefficient (Wildman–Crippen LogP) is 1.79. The first-order valence-electron chi connectivity index (χ1n) is 5.28. The molecule has 1 aromatic rings. The highest BCUT2D eigenvalue weighted by Crippen LogP contribution is 2.41. The molecular weight excluding hydrogens is 204 g/mol. The quantitative estimate of drug-likeness (QED) is 0.744. The van der Waals surface area contributed by atoms with Gasteiger partial charge < -0.3 is 10.2 Å². The molecule has 16 heavy (non-hydrogen) atoms. The van der Waals surface area contributed by atoms with Crippen molar-refractivity contribution in [3.8, 4) is 0 Å². The van der Waals surface area contributed by atoms with Crippen LogP contribution in [0.4, 0.5) is 0 Å². The molecule has 0 saturated carbocycles. The smallest absolute Gasteiger partial charge is 0.152 e. The van der Waals surface area contributed by atoms with E-state index in [-0.39, 0.29) is 23.2 Å². The molecule has 0 fully saturated rings. The number of aliphatic hydroxyl groups is 2. The Morgan fingerprint density at radius 1 is 1.25 bits per heavy atom. The van der Waals surface area contributed by atoms with Gasteiger partial charge in [0.2, 0.25) is 0 Å². The van der Waals surface area contributed by atoms with Crippen LogP contribution in [0.2, 0.25) is 0 Å². The largest absolute Gasteiger partial charge is 0.511 e. The van der Waals surface area contributed by atoms with E-state index in [0.717, 1.165) is 5.56 Å². The Morgan fingerprint density at radius 3 is 2.38 bits per heavy atom. The lowest BCUT2D eigenvalue weighted by Gasteiger charge is -2.18. The summed E-state index contributed by atoms with van der Waals surface area (Å²) in [5.41, 5.74) is 1.03. The molecule has 84 valence electrons. The molecule has 0 aromatic heterocycles. The highest BCUT2D eigenvalue weighted by molar-refractivity contribution is 5.77. The SMILES string of the molecule is CC1C(O)C(C=O)=C(O)C1c1ccccc1. The fourth-order valence-corrected chi connectivity index (χ4v) is 2.30. The van der Waals surface area contributed by atoms with E-state index in [0.29, 0.717) is 6.29 Å². The summed E-state index contributed by atoms with van der Waals surface area (Å²) < 4.78 is 0. The zero-order chi connectivity index (χ0) is 11.7. The molecule has 1 aliphatic rings. The number of carbonyl (C=O) groups excluding carboxylic acids is 1. The van der Waals surface area contributed by atoms with Gasteiger partial charge in [-0.25, -0.2) is 0 Å². The molecule has 1 aromatic carbocycles. The summed E-state index contributed by atoms with van der Waals surface area (Å²) >= 11 is 0. The Kier molecular flexibility index (Phi) is 2.79. The van der Waals surface area contributed by atoms with E-state index < -0.39 is 6.10 Å². The molecule has 0 amide bonds. The molecule has 0 saturated heterocycles. The van der Waals surface area contributed by atoms with E-state index in [4.69, 9.17) is 0 Å². The van der Waals surface area contributed by atoms with Crippen molar-refractivity contribution in [2.24, 2.45) is 5.92 Å². The summed E-state index contributed by atoms with van der Waals surface area (Å²) in [6.07, 6.45) is -0.331. The second-order valence-corrected chi connectivity index (χ2v) is 4.15. The van der Waals surface area contributed by atoms with E-state index in [2.05, 4.69) is 0 Å². The number of rotatable bonds is 2. The molecule has 2 rings (SSSR count). The molecule has 0 spiro atoms. The maximum atomic E-state index is 10.8. The van der Waals surface area contributed by atoms with Gasteiger partial charge in [0.05, 0.1) is 11.7 Å². The van der Waals surface area contributed by atoms with Crippen molar-refractivity contribution in [1.29, 1.82) is 0 Å². The van der Waals surface area contributed by atoms with Crippen molar-refractivity contribution >= 4 is 6.29 Å². The Hall–Kier alpha value is -1.61. The van der Waals surface area contributed by atoms with Crippen LogP contribution in [0.1, 0.15) is 18.4 Å². The lowest BCUT2D eigenvalue weighted by Crippen LogP contribution is -2.18. The highest BCUT2D eigenvalue weighted by Gasteiger charge is 2.40. The van der Waals surface area contributed by atoms with Gasteiger partial charge in [-0.15, -0.1) is 0 Å². The number of hydrogen-bond donors (Lipinski definition) is 2. The van der Waals surface area contributed by atoms with Crippen LogP contribution in [0.15, 0.2) is 41.7 Å². The van der Waals surface area contributed by atoms with Crippen LogP contribution in [0.3, 0.4) is 0 Å². The fraction of sp³-hybridized carbons (Fsp3) is 0.308. The molecule has 3 unspecified atom stereocenters. The van der Waals surface area contributed by atoms with Crippen molar-refractivity contribution in [3.05, 3.63) is 47.2 Å². The molecule has 0 heterocycles. The molecule has 1 aliphatic carbocycles. The van der Waals surface area contributed by atoms with Crippen LogP contribution in [0.5, 0.6) is 0 Å². The van der Waals surface area contributed by atoms with Crippen molar-refractivity contribution in [1.82, 2.24) is 0 Å². The fourth-order valence-electron chi connectivity index (χ4n) is 2.30. The van der Waals surface area contributed by atoms with Gasteiger partial charge in [0, 0.05) is 11.8 Å². The molecule has 3 nitrogen and oxygen atoms in total. The van der Waals surface area contributed by atoms with Crippen molar-refractivity contribution in [2.45, 2.75) is 18.9 Å². The average Bonchev–Trinajstić information content (AvgIpc) is 2.51. The normalized spacial score (nSPS) is 29.5. The Morgan fingerprint density at radius 2 is 1.88 bits per heavy atom. The topological polar surface area (TPSA) is 57.5 Å². The standard InChI is InChI=1S/C13H14O3/c1-8-11(9-5-3-2-4-6-9)13(16)10(7-14)12(8)15/h2-8,11-12,15-16H,1H3. The maximum absolute atomic E-state index is 10.8. The lowest BCUT2D eigenvalue weighted by molar-refractivity contribution is -0.105. The minimum absolute atomic E-state index is 0.00111. The van der Waals surface area contributed by atoms with Gasteiger partial charge in [-0.05, 0) is 5.56 Å². The van der Waals surface area contributed by atoms with Gasteiger partial charge in [0.25, 0.3) is 0 Å². The van der Waals surface area contributed by atoms with Gasteiger partial charge in [-0.3, -0.25) is 4.79 Å². The first kappa shape index (κ1) is 10.9. The maximum Gasteiger partial charge on any atom is 0.152 e. The number of carbonyl (C=O) groups is 1. The van der Waals surface area contributed by atoms with Crippen LogP contribution >= 0.6 is 0 Å². The predicted molar refractivity (Wildman–Crippen MR) is 60.1 cm³/mol. The number of allylic oxidation sites excluding steroid dienone is 1. The van der Waals surface area contributed by atoms with Gasteiger partial charge >= 0.3 is 0 Å². The summed E-state index contributed by atoms with van der Waals surface area (Å²) in [4.78, 5) is 10.8. The minimum Gasteiger partial charge on any atom is -0.511 e. The first-order valence-corrected chi connectivity index (χ1v) is 5.28. The summed E-state index contributed by atoms with van der Waals surface area (Å²) in [5, 5.41) is 19.7. The van der Waals surface area contributed by atoms with Crippen molar-refractivity contribution < 1.29 is 15.0 Å². The lowest BCUT2D eigenvalue weighted by atomic mass is 9.88. The number of aliphatic hydroxyl groups excluding tert-OH is 2. The van der Waals surface area contributed by atoms with Crippen LogP contribution < -0.4 is 0 Å². The Bertz CT molecular complexity index is 422. The summed E-state index contributed by atoms with van der Waals surface area (Å²) in [7, 11) is 0. The number of aldehydes is 1.